The maximum absolute atomic E-state index is 11.1. The van der Waals surface area contributed by atoms with Crippen LogP contribution in [-0.4, -0.2) is 25.2 Å². The summed E-state index contributed by atoms with van der Waals surface area (Å²) >= 11 is 0. The molecule has 0 aromatic heterocycles. The molecule has 1 aliphatic rings. The van der Waals surface area contributed by atoms with Crippen molar-refractivity contribution in [2.75, 3.05) is 13.2 Å². The maximum atomic E-state index is 11.1. The van der Waals surface area contributed by atoms with Crippen LogP contribution in [0.5, 0.6) is 0 Å². The fourth-order valence-electron chi connectivity index (χ4n) is 1.48. The average molecular weight is 171 g/mol. The highest BCUT2D eigenvalue weighted by Gasteiger charge is 2.26. The molecule has 0 spiro atoms. The van der Waals surface area contributed by atoms with E-state index in [2.05, 4.69) is 12.2 Å². The Hall–Kier alpha value is -0.570. The fourth-order valence-corrected chi connectivity index (χ4v) is 1.48. The predicted octanol–water partition coefficient (Wildman–Crippen LogP) is 0.938. The molecule has 0 aromatic rings. The van der Waals surface area contributed by atoms with Crippen molar-refractivity contribution in [3.63, 3.8) is 0 Å². The molecule has 3 nitrogen and oxygen atoms in total. The normalized spacial score (nSPS) is 27.8. The summed E-state index contributed by atoms with van der Waals surface area (Å²) in [5.41, 5.74) is 0. The van der Waals surface area contributed by atoms with Gasteiger partial charge >= 0.3 is 0 Å². The van der Waals surface area contributed by atoms with E-state index in [0.29, 0.717) is 12.6 Å². The Balaban J connectivity index is 2.03. The Morgan fingerprint density at radius 1 is 1.58 bits per heavy atom. The topological polar surface area (TPSA) is 38.3 Å². The lowest BCUT2D eigenvalue weighted by Gasteiger charge is -2.33. The maximum Gasteiger partial charge on any atom is 0.246 e. The van der Waals surface area contributed by atoms with Crippen molar-refractivity contribution in [3.05, 3.63) is 0 Å². The molecule has 0 aromatic carbocycles. The van der Waals surface area contributed by atoms with Crippen molar-refractivity contribution >= 4 is 5.91 Å². The van der Waals surface area contributed by atoms with Gasteiger partial charge in [0, 0.05) is 12.6 Å². The van der Waals surface area contributed by atoms with Gasteiger partial charge in [-0.1, -0.05) is 6.92 Å². The molecule has 1 saturated carbocycles. The molecule has 1 aliphatic carbocycles. The van der Waals surface area contributed by atoms with Crippen LogP contribution in [0.2, 0.25) is 0 Å². The van der Waals surface area contributed by atoms with E-state index in [1.807, 2.05) is 6.92 Å². The summed E-state index contributed by atoms with van der Waals surface area (Å²) in [6.45, 7) is 4.90. The summed E-state index contributed by atoms with van der Waals surface area (Å²) in [7, 11) is 0. The molecule has 12 heavy (non-hydrogen) atoms. The van der Waals surface area contributed by atoms with E-state index in [9.17, 15) is 4.79 Å². The summed E-state index contributed by atoms with van der Waals surface area (Å²) in [6, 6.07) is 0.410. The zero-order valence-corrected chi connectivity index (χ0v) is 7.80. The lowest BCUT2D eigenvalue weighted by Crippen LogP contribution is -2.44. The summed E-state index contributed by atoms with van der Waals surface area (Å²) in [5, 5.41) is 2.92. The minimum atomic E-state index is 0.0220. The van der Waals surface area contributed by atoms with Crippen LogP contribution in [0.3, 0.4) is 0 Å². The molecule has 3 heteroatoms. The molecule has 0 bridgehead atoms. The van der Waals surface area contributed by atoms with Gasteiger partial charge in [-0.3, -0.25) is 4.79 Å². The number of hydrogen-bond donors (Lipinski definition) is 1. The van der Waals surface area contributed by atoms with Gasteiger partial charge in [0.05, 0.1) is 0 Å². The Morgan fingerprint density at radius 2 is 2.25 bits per heavy atom. The number of rotatable bonds is 4. The van der Waals surface area contributed by atoms with Gasteiger partial charge in [-0.15, -0.1) is 0 Å². The van der Waals surface area contributed by atoms with Crippen molar-refractivity contribution in [1.29, 1.82) is 0 Å². The van der Waals surface area contributed by atoms with E-state index in [1.54, 1.807) is 0 Å². The molecule has 0 atom stereocenters. The summed E-state index contributed by atoms with van der Waals surface area (Å²) < 4.78 is 4.98. The van der Waals surface area contributed by atoms with E-state index in [1.165, 1.54) is 0 Å². The number of ether oxygens (including phenoxy) is 1. The van der Waals surface area contributed by atoms with Gasteiger partial charge in [0.25, 0.3) is 0 Å². The van der Waals surface area contributed by atoms with Crippen LogP contribution in [0, 0.1) is 5.92 Å². The molecular formula is C9H17NO2. The van der Waals surface area contributed by atoms with Crippen LogP contribution in [0.4, 0.5) is 0 Å². The van der Waals surface area contributed by atoms with Crippen LogP contribution in [0.25, 0.3) is 0 Å². The largest absolute Gasteiger partial charge is 0.372 e. The Morgan fingerprint density at radius 3 is 2.75 bits per heavy atom. The van der Waals surface area contributed by atoms with E-state index in [0.717, 1.165) is 18.8 Å². The predicted molar refractivity (Wildman–Crippen MR) is 46.8 cm³/mol. The molecule has 0 heterocycles. The molecule has 0 unspecified atom stereocenters. The second-order valence-electron chi connectivity index (χ2n) is 3.48. The van der Waals surface area contributed by atoms with Crippen molar-refractivity contribution < 1.29 is 9.53 Å². The van der Waals surface area contributed by atoms with Gasteiger partial charge in [0.2, 0.25) is 5.91 Å². The smallest absolute Gasteiger partial charge is 0.246 e. The molecular weight excluding hydrogens is 154 g/mol. The highest BCUT2D eigenvalue weighted by molar-refractivity contribution is 5.77. The Kier molecular flexibility index (Phi) is 3.53. The number of hydrogen-bond acceptors (Lipinski definition) is 2. The molecule has 0 aliphatic heterocycles. The third-order valence-electron chi connectivity index (χ3n) is 2.18. The van der Waals surface area contributed by atoms with Gasteiger partial charge in [-0.05, 0) is 25.7 Å². The summed E-state index contributed by atoms with van der Waals surface area (Å²) in [6.07, 6.45) is 2.25. The van der Waals surface area contributed by atoms with Crippen LogP contribution in [0.1, 0.15) is 26.7 Å². The first-order valence-corrected chi connectivity index (χ1v) is 4.59. The van der Waals surface area contributed by atoms with Crippen molar-refractivity contribution in [3.8, 4) is 0 Å². The molecule has 1 N–H and O–H groups in total. The SMILES string of the molecule is CCOCC(=O)NC1CC(C)C1. The third-order valence-corrected chi connectivity index (χ3v) is 2.18. The van der Waals surface area contributed by atoms with E-state index >= 15 is 0 Å². The van der Waals surface area contributed by atoms with Crippen molar-refractivity contribution in [1.82, 2.24) is 5.32 Å². The summed E-state index contributed by atoms with van der Waals surface area (Å²) in [5.74, 6) is 0.802. The van der Waals surface area contributed by atoms with Gasteiger partial charge in [0.15, 0.2) is 0 Å². The highest BCUT2D eigenvalue weighted by Crippen LogP contribution is 2.25. The minimum Gasteiger partial charge on any atom is -0.372 e. The third kappa shape index (κ3) is 2.81. The van der Waals surface area contributed by atoms with E-state index < -0.39 is 0 Å². The van der Waals surface area contributed by atoms with Crippen molar-refractivity contribution in [2.45, 2.75) is 32.7 Å². The van der Waals surface area contributed by atoms with Gasteiger partial charge in [0.1, 0.15) is 6.61 Å². The molecule has 70 valence electrons. The van der Waals surface area contributed by atoms with Crippen LogP contribution < -0.4 is 5.32 Å². The fraction of sp³-hybridized carbons (Fsp3) is 0.889. The lowest BCUT2D eigenvalue weighted by molar-refractivity contribution is -0.127. The molecule has 1 fully saturated rings. The molecule has 1 rings (SSSR count). The molecule has 0 saturated heterocycles. The van der Waals surface area contributed by atoms with Crippen molar-refractivity contribution in [2.24, 2.45) is 5.92 Å². The number of nitrogens with one attached hydrogen (secondary N) is 1. The first-order chi connectivity index (χ1) is 5.72. The zero-order valence-electron chi connectivity index (χ0n) is 7.80. The molecule has 1 amide bonds. The van der Waals surface area contributed by atoms with Crippen LogP contribution >= 0.6 is 0 Å². The van der Waals surface area contributed by atoms with E-state index in [-0.39, 0.29) is 12.5 Å². The number of carbonyl (C=O) groups is 1. The standard InChI is InChI=1S/C9H17NO2/c1-3-12-6-9(11)10-8-4-7(2)5-8/h7-8H,3-6H2,1-2H3,(H,10,11). The first kappa shape index (κ1) is 9.52. The van der Waals surface area contributed by atoms with E-state index in [4.69, 9.17) is 4.74 Å². The quantitative estimate of drug-likeness (QED) is 0.683. The highest BCUT2D eigenvalue weighted by atomic mass is 16.5. The van der Waals surface area contributed by atoms with Gasteiger partial charge in [-0.25, -0.2) is 0 Å². The average Bonchev–Trinajstić information content (AvgIpc) is 1.98. The van der Waals surface area contributed by atoms with Gasteiger partial charge < -0.3 is 10.1 Å². The van der Waals surface area contributed by atoms with Crippen LogP contribution in [0.15, 0.2) is 0 Å². The number of carbonyl (C=O) groups excluding carboxylic acids is 1. The monoisotopic (exact) mass is 171 g/mol. The number of amides is 1. The Labute approximate surface area is 73.5 Å². The lowest BCUT2D eigenvalue weighted by atomic mass is 9.82. The van der Waals surface area contributed by atoms with Crippen LogP contribution in [-0.2, 0) is 9.53 Å². The first-order valence-electron chi connectivity index (χ1n) is 4.59. The van der Waals surface area contributed by atoms with Gasteiger partial charge in [-0.2, -0.15) is 0 Å². The molecule has 0 radical (unpaired) electrons. The second-order valence-corrected chi connectivity index (χ2v) is 3.48. The second kappa shape index (κ2) is 4.45. The Bertz CT molecular complexity index is 153. The summed E-state index contributed by atoms with van der Waals surface area (Å²) in [4.78, 5) is 11.1. The minimum absolute atomic E-state index is 0.0220. The zero-order chi connectivity index (χ0) is 8.97.